The second-order valence-corrected chi connectivity index (χ2v) is 6.49. The number of hydrogen-bond acceptors (Lipinski definition) is 4. The van der Waals surface area contributed by atoms with Gasteiger partial charge in [-0.3, -0.25) is 4.90 Å². The molecular weight excluding hydrogens is 256 g/mol. The lowest BCUT2D eigenvalue weighted by atomic mass is 10.1. The predicted octanol–water partition coefficient (Wildman–Crippen LogP) is 2.48. The third-order valence-corrected chi connectivity index (χ3v) is 4.54. The highest BCUT2D eigenvalue weighted by molar-refractivity contribution is 7.09. The summed E-state index contributed by atoms with van der Waals surface area (Å²) in [6.07, 6.45) is 3.31. The van der Waals surface area contributed by atoms with Crippen LogP contribution in [0.5, 0.6) is 0 Å². The summed E-state index contributed by atoms with van der Waals surface area (Å²) in [5.41, 5.74) is 2.32. The number of rotatable bonds is 3. The first kappa shape index (κ1) is 12.8. The van der Waals surface area contributed by atoms with Gasteiger partial charge in [-0.15, -0.1) is 11.3 Å². The minimum atomic E-state index is 0.568. The second kappa shape index (κ2) is 5.06. The fourth-order valence-electron chi connectivity index (χ4n) is 2.91. The maximum atomic E-state index is 4.66. The molecule has 1 atom stereocenters. The average Bonchev–Trinajstić information content (AvgIpc) is 3.02. The van der Waals surface area contributed by atoms with E-state index in [0.29, 0.717) is 5.92 Å². The SMILES string of the molecule is Cc1cn(C)c([C@H]2CCN(Cc3csc(C)n3)C2)n1. The summed E-state index contributed by atoms with van der Waals surface area (Å²) in [5.74, 6) is 1.80. The Morgan fingerprint density at radius 3 is 2.84 bits per heavy atom. The van der Waals surface area contributed by atoms with Crippen LogP contribution in [0.4, 0.5) is 0 Å². The molecule has 3 rings (SSSR count). The molecule has 1 aliphatic rings. The van der Waals surface area contributed by atoms with Crippen molar-refractivity contribution in [1.82, 2.24) is 19.4 Å². The third-order valence-electron chi connectivity index (χ3n) is 3.72. The second-order valence-electron chi connectivity index (χ2n) is 5.43. The van der Waals surface area contributed by atoms with Crippen LogP contribution < -0.4 is 0 Å². The van der Waals surface area contributed by atoms with Gasteiger partial charge in [0.25, 0.3) is 0 Å². The van der Waals surface area contributed by atoms with Gasteiger partial charge in [0, 0.05) is 37.6 Å². The van der Waals surface area contributed by atoms with Gasteiger partial charge in [-0.2, -0.15) is 0 Å². The van der Waals surface area contributed by atoms with Crippen molar-refractivity contribution in [1.29, 1.82) is 0 Å². The molecule has 2 aromatic rings. The van der Waals surface area contributed by atoms with Gasteiger partial charge in [0.2, 0.25) is 0 Å². The molecule has 0 N–H and O–H groups in total. The van der Waals surface area contributed by atoms with Gasteiger partial charge in [0.1, 0.15) is 5.82 Å². The van der Waals surface area contributed by atoms with Gasteiger partial charge in [-0.25, -0.2) is 9.97 Å². The van der Waals surface area contributed by atoms with Crippen LogP contribution >= 0.6 is 11.3 Å². The third kappa shape index (κ3) is 2.72. The molecule has 0 bridgehead atoms. The summed E-state index contributed by atoms with van der Waals surface area (Å²) < 4.78 is 2.18. The van der Waals surface area contributed by atoms with Crippen molar-refractivity contribution in [3.63, 3.8) is 0 Å². The van der Waals surface area contributed by atoms with E-state index in [-0.39, 0.29) is 0 Å². The van der Waals surface area contributed by atoms with Crippen LogP contribution in [0.3, 0.4) is 0 Å². The standard InChI is InChI=1S/C14H20N4S/c1-10-6-17(3)14(15-10)12-4-5-18(7-12)8-13-9-19-11(2)16-13/h6,9,12H,4-5,7-8H2,1-3H3/t12-/m0/s1. The summed E-state index contributed by atoms with van der Waals surface area (Å²) in [4.78, 5) is 11.7. The number of thiazole rings is 1. The van der Waals surface area contributed by atoms with Crippen molar-refractivity contribution >= 4 is 11.3 Å². The number of nitrogens with zero attached hydrogens (tertiary/aromatic N) is 4. The van der Waals surface area contributed by atoms with Crippen molar-refractivity contribution in [2.24, 2.45) is 7.05 Å². The maximum absolute atomic E-state index is 4.66. The zero-order valence-electron chi connectivity index (χ0n) is 11.8. The van der Waals surface area contributed by atoms with Crippen LogP contribution in [0.15, 0.2) is 11.6 Å². The van der Waals surface area contributed by atoms with E-state index >= 15 is 0 Å². The molecule has 3 heterocycles. The predicted molar refractivity (Wildman–Crippen MR) is 77.4 cm³/mol. The van der Waals surface area contributed by atoms with Crippen molar-refractivity contribution < 1.29 is 0 Å². The Morgan fingerprint density at radius 2 is 2.21 bits per heavy atom. The molecule has 1 aliphatic heterocycles. The minimum Gasteiger partial charge on any atom is -0.337 e. The fourth-order valence-corrected chi connectivity index (χ4v) is 3.51. The molecule has 0 aliphatic carbocycles. The quantitative estimate of drug-likeness (QED) is 0.863. The van der Waals surface area contributed by atoms with Gasteiger partial charge < -0.3 is 4.57 Å². The van der Waals surface area contributed by atoms with Gasteiger partial charge in [-0.05, 0) is 26.8 Å². The molecule has 0 aromatic carbocycles. The highest BCUT2D eigenvalue weighted by atomic mass is 32.1. The summed E-state index contributed by atoms with van der Waals surface area (Å²) in [6, 6.07) is 0. The van der Waals surface area contributed by atoms with Crippen LogP contribution in [-0.4, -0.2) is 32.5 Å². The van der Waals surface area contributed by atoms with Crippen LogP contribution in [0, 0.1) is 13.8 Å². The monoisotopic (exact) mass is 276 g/mol. The molecule has 102 valence electrons. The Morgan fingerprint density at radius 1 is 1.37 bits per heavy atom. The van der Waals surface area contributed by atoms with Crippen molar-refractivity contribution in [3.05, 3.63) is 33.8 Å². The van der Waals surface area contributed by atoms with Crippen LogP contribution in [0.25, 0.3) is 0 Å². The molecule has 19 heavy (non-hydrogen) atoms. The topological polar surface area (TPSA) is 34.0 Å². The Balaban J connectivity index is 1.65. The van der Waals surface area contributed by atoms with Crippen LogP contribution in [-0.2, 0) is 13.6 Å². The highest BCUT2D eigenvalue weighted by Gasteiger charge is 2.27. The Hall–Kier alpha value is -1.20. The molecule has 0 saturated carbocycles. The van der Waals surface area contributed by atoms with Crippen molar-refractivity contribution in [2.75, 3.05) is 13.1 Å². The summed E-state index contributed by atoms with van der Waals surface area (Å²) in [5, 5.41) is 3.33. The van der Waals surface area contributed by atoms with E-state index in [2.05, 4.69) is 51.9 Å². The molecule has 0 unspecified atom stereocenters. The van der Waals surface area contributed by atoms with E-state index in [4.69, 9.17) is 0 Å². The number of likely N-dealkylation sites (tertiary alicyclic amines) is 1. The van der Waals surface area contributed by atoms with Gasteiger partial charge >= 0.3 is 0 Å². The Bertz CT molecular complexity index is 572. The molecule has 5 heteroatoms. The van der Waals surface area contributed by atoms with Crippen molar-refractivity contribution in [2.45, 2.75) is 32.7 Å². The minimum absolute atomic E-state index is 0.568. The zero-order chi connectivity index (χ0) is 13.4. The summed E-state index contributed by atoms with van der Waals surface area (Å²) in [7, 11) is 2.10. The smallest absolute Gasteiger partial charge is 0.113 e. The van der Waals surface area contributed by atoms with Gasteiger partial charge in [0.15, 0.2) is 0 Å². The normalized spacial score (nSPS) is 20.3. The van der Waals surface area contributed by atoms with Crippen molar-refractivity contribution in [3.8, 4) is 0 Å². The Labute approximate surface area is 118 Å². The number of imidazole rings is 1. The first-order valence-corrected chi connectivity index (χ1v) is 7.63. The highest BCUT2D eigenvalue weighted by Crippen LogP contribution is 2.27. The van der Waals surface area contributed by atoms with E-state index in [9.17, 15) is 0 Å². The van der Waals surface area contributed by atoms with Gasteiger partial charge in [-0.1, -0.05) is 0 Å². The maximum Gasteiger partial charge on any atom is 0.113 e. The lowest BCUT2D eigenvalue weighted by molar-refractivity contribution is 0.321. The molecule has 1 fully saturated rings. The molecule has 0 spiro atoms. The largest absolute Gasteiger partial charge is 0.337 e. The summed E-state index contributed by atoms with van der Waals surface area (Å²) >= 11 is 1.74. The lowest BCUT2D eigenvalue weighted by Gasteiger charge is -2.14. The van der Waals surface area contributed by atoms with E-state index < -0.39 is 0 Å². The summed E-state index contributed by atoms with van der Waals surface area (Å²) in [6.45, 7) is 7.35. The lowest BCUT2D eigenvalue weighted by Crippen LogP contribution is -2.20. The number of aryl methyl sites for hydroxylation is 3. The molecule has 0 radical (unpaired) electrons. The van der Waals surface area contributed by atoms with E-state index in [1.807, 2.05) is 0 Å². The number of hydrogen-bond donors (Lipinski definition) is 0. The molecule has 2 aromatic heterocycles. The average molecular weight is 276 g/mol. The van der Waals surface area contributed by atoms with E-state index in [0.717, 1.165) is 30.3 Å². The zero-order valence-corrected chi connectivity index (χ0v) is 12.6. The Kier molecular flexibility index (Phi) is 3.41. The van der Waals surface area contributed by atoms with Crippen LogP contribution in [0.1, 0.15) is 34.6 Å². The molecular formula is C14H20N4S. The van der Waals surface area contributed by atoms with E-state index in [1.165, 1.54) is 17.9 Å². The van der Waals surface area contributed by atoms with E-state index in [1.54, 1.807) is 11.3 Å². The number of aromatic nitrogens is 3. The van der Waals surface area contributed by atoms with Crippen LogP contribution in [0.2, 0.25) is 0 Å². The molecule has 1 saturated heterocycles. The first-order chi connectivity index (χ1) is 9.11. The van der Waals surface area contributed by atoms with Gasteiger partial charge in [0.05, 0.1) is 16.4 Å². The first-order valence-electron chi connectivity index (χ1n) is 6.75. The fraction of sp³-hybridized carbons (Fsp3) is 0.571. The molecule has 4 nitrogen and oxygen atoms in total. The molecule has 0 amide bonds.